The molecule has 0 saturated carbocycles. The third-order valence-electron chi connectivity index (χ3n) is 3.78. The van der Waals surface area contributed by atoms with Crippen molar-refractivity contribution in [2.45, 2.75) is 13.5 Å². The number of nitro groups is 1. The van der Waals surface area contributed by atoms with Gasteiger partial charge in [0.15, 0.2) is 5.82 Å². The molecule has 2 aromatic carbocycles. The number of hydrogen-bond donors (Lipinski definition) is 0. The van der Waals surface area contributed by atoms with E-state index >= 15 is 0 Å². The second kappa shape index (κ2) is 6.49. The summed E-state index contributed by atoms with van der Waals surface area (Å²) in [6, 6.07) is 13.0. The van der Waals surface area contributed by atoms with Crippen LogP contribution in [0.1, 0.15) is 16.2 Å². The Bertz CT molecular complexity index is 912. The predicted octanol–water partition coefficient (Wildman–Crippen LogP) is 3.11. The summed E-state index contributed by atoms with van der Waals surface area (Å²) in [5.74, 6) is -0.0659. The van der Waals surface area contributed by atoms with E-state index in [0.29, 0.717) is 11.4 Å². The Morgan fingerprint density at radius 2 is 2.00 bits per heavy atom. The Labute approximate surface area is 137 Å². The van der Waals surface area contributed by atoms with E-state index in [2.05, 4.69) is 4.98 Å². The summed E-state index contributed by atoms with van der Waals surface area (Å²) in [4.78, 5) is 26.7. The third kappa shape index (κ3) is 2.96. The van der Waals surface area contributed by atoms with Gasteiger partial charge in [-0.3, -0.25) is 0 Å². The molecule has 0 aliphatic rings. The van der Waals surface area contributed by atoms with Crippen LogP contribution in [0.5, 0.6) is 0 Å². The summed E-state index contributed by atoms with van der Waals surface area (Å²) in [7, 11) is 0. The molecule has 0 aliphatic heterocycles. The minimum atomic E-state index is -0.507. The average Bonchev–Trinajstić information content (AvgIpc) is 2.95. The number of fused-ring (bicyclic) bond motifs is 1. The SMILES string of the molecule is Cc1ncc([N+](=O)[O-])n1CCOC(=O)c1cccc2ccccc12. The largest absolute Gasteiger partial charge is 0.458 e. The molecule has 0 radical (unpaired) electrons. The van der Waals surface area contributed by atoms with Crippen molar-refractivity contribution in [3.63, 3.8) is 0 Å². The number of aromatic nitrogens is 2. The van der Waals surface area contributed by atoms with Gasteiger partial charge in [0.05, 0.1) is 5.56 Å². The zero-order valence-electron chi connectivity index (χ0n) is 13.0. The smallest absolute Gasteiger partial charge is 0.342 e. The first kappa shape index (κ1) is 15.7. The molecule has 24 heavy (non-hydrogen) atoms. The zero-order valence-corrected chi connectivity index (χ0v) is 13.0. The van der Waals surface area contributed by atoms with Crippen LogP contribution in [-0.2, 0) is 11.3 Å². The molecule has 0 amide bonds. The standard InChI is InChI=1S/C17H15N3O4/c1-12-18-11-16(20(22)23)19(12)9-10-24-17(21)15-8-4-6-13-5-2-3-7-14(13)15/h2-8,11H,9-10H2,1H3. The molecule has 3 rings (SSSR count). The number of nitrogens with zero attached hydrogens (tertiary/aromatic N) is 3. The van der Waals surface area contributed by atoms with E-state index < -0.39 is 10.9 Å². The van der Waals surface area contributed by atoms with Crippen molar-refractivity contribution in [1.82, 2.24) is 9.55 Å². The van der Waals surface area contributed by atoms with Gasteiger partial charge in [-0.05, 0) is 21.8 Å². The number of carbonyl (C=O) groups is 1. The van der Waals surface area contributed by atoms with Crippen molar-refractivity contribution >= 4 is 22.6 Å². The van der Waals surface area contributed by atoms with Crippen LogP contribution in [-0.4, -0.2) is 27.1 Å². The van der Waals surface area contributed by atoms with Crippen LogP contribution >= 0.6 is 0 Å². The molecule has 0 bridgehead atoms. The Hall–Kier alpha value is -3.22. The normalized spacial score (nSPS) is 10.7. The number of ether oxygens (including phenoxy) is 1. The molecule has 3 aromatic rings. The van der Waals surface area contributed by atoms with E-state index in [9.17, 15) is 14.9 Å². The fourth-order valence-electron chi connectivity index (χ4n) is 2.59. The number of aryl methyl sites for hydroxylation is 1. The number of esters is 1. The van der Waals surface area contributed by atoms with Gasteiger partial charge in [-0.1, -0.05) is 36.4 Å². The van der Waals surface area contributed by atoms with Gasteiger partial charge in [-0.25, -0.2) is 14.3 Å². The molecule has 7 nitrogen and oxygen atoms in total. The average molecular weight is 325 g/mol. The van der Waals surface area contributed by atoms with E-state index in [-0.39, 0.29) is 19.0 Å². The first-order valence-electron chi connectivity index (χ1n) is 7.39. The Morgan fingerprint density at radius 3 is 2.79 bits per heavy atom. The van der Waals surface area contributed by atoms with Crippen molar-refractivity contribution in [3.05, 3.63) is 70.2 Å². The van der Waals surface area contributed by atoms with Gasteiger partial charge in [0.2, 0.25) is 0 Å². The first-order chi connectivity index (χ1) is 11.6. The summed E-state index contributed by atoms with van der Waals surface area (Å²) in [6.45, 7) is 1.87. The number of carbonyl (C=O) groups excluding carboxylic acids is 1. The molecule has 0 atom stereocenters. The van der Waals surface area contributed by atoms with Crippen molar-refractivity contribution in [2.75, 3.05) is 6.61 Å². The van der Waals surface area contributed by atoms with Crippen LogP contribution in [0, 0.1) is 17.0 Å². The highest BCUT2D eigenvalue weighted by atomic mass is 16.6. The Balaban J connectivity index is 1.72. The van der Waals surface area contributed by atoms with Crippen LogP contribution in [0.4, 0.5) is 5.82 Å². The van der Waals surface area contributed by atoms with Gasteiger partial charge in [-0.2, -0.15) is 0 Å². The molecule has 7 heteroatoms. The lowest BCUT2D eigenvalue weighted by Crippen LogP contribution is -2.14. The molecule has 0 saturated heterocycles. The van der Waals surface area contributed by atoms with Crippen molar-refractivity contribution in [2.24, 2.45) is 0 Å². The number of imidazole rings is 1. The van der Waals surface area contributed by atoms with Crippen LogP contribution < -0.4 is 0 Å². The quantitative estimate of drug-likeness (QED) is 0.408. The minimum absolute atomic E-state index is 0.0279. The summed E-state index contributed by atoms with van der Waals surface area (Å²) in [6.07, 6.45) is 1.20. The van der Waals surface area contributed by atoms with Gasteiger partial charge in [-0.15, -0.1) is 0 Å². The Morgan fingerprint density at radius 1 is 1.25 bits per heavy atom. The van der Waals surface area contributed by atoms with E-state index in [1.165, 1.54) is 10.8 Å². The van der Waals surface area contributed by atoms with E-state index in [0.717, 1.165) is 10.8 Å². The zero-order chi connectivity index (χ0) is 17.1. The monoisotopic (exact) mass is 325 g/mol. The van der Waals surface area contributed by atoms with Crippen molar-refractivity contribution in [1.29, 1.82) is 0 Å². The maximum atomic E-state index is 12.3. The number of hydrogen-bond acceptors (Lipinski definition) is 5. The minimum Gasteiger partial charge on any atom is -0.458 e. The predicted molar refractivity (Wildman–Crippen MR) is 87.8 cm³/mol. The maximum absolute atomic E-state index is 12.3. The summed E-state index contributed by atoms with van der Waals surface area (Å²) in [5.41, 5.74) is 0.477. The van der Waals surface area contributed by atoms with Crippen LogP contribution in [0.25, 0.3) is 10.8 Å². The molecule has 0 N–H and O–H groups in total. The first-order valence-corrected chi connectivity index (χ1v) is 7.39. The maximum Gasteiger partial charge on any atom is 0.342 e. The van der Waals surface area contributed by atoms with Crippen molar-refractivity contribution < 1.29 is 14.5 Å². The highest BCUT2D eigenvalue weighted by Gasteiger charge is 2.18. The lowest BCUT2D eigenvalue weighted by atomic mass is 10.1. The fraction of sp³-hybridized carbons (Fsp3) is 0.176. The van der Waals surface area contributed by atoms with Crippen molar-refractivity contribution in [3.8, 4) is 0 Å². The van der Waals surface area contributed by atoms with Gasteiger partial charge in [0.25, 0.3) is 0 Å². The molecule has 0 unspecified atom stereocenters. The molecular weight excluding hydrogens is 310 g/mol. The highest BCUT2D eigenvalue weighted by molar-refractivity contribution is 6.04. The molecule has 0 spiro atoms. The summed E-state index contributed by atoms with van der Waals surface area (Å²) < 4.78 is 6.70. The second-order valence-corrected chi connectivity index (χ2v) is 5.23. The summed E-state index contributed by atoms with van der Waals surface area (Å²) >= 11 is 0. The van der Waals surface area contributed by atoms with Crippen LogP contribution in [0.3, 0.4) is 0 Å². The topological polar surface area (TPSA) is 87.3 Å². The van der Waals surface area contributed by atoms with E-state index in [4.69, 9.17) is 4.74 Å². The summed E-state index contributed by atoms with van der Waals surface area (Å²) in [5, 5.41) is 12.7. The van der Waals surface area contributed by atoms with Gasteiger partial charge in [0.1, 0.15) is 19.3 Å². The molecule has 0 aliphatic carbocycles. The van der Waals surface area contributed by atoms with E-state index in [1.54, 1.807) is 19.1 Å². The van der Waals surface area contributed by atoms with Gasteiger partial charge in [0, 0.05) is 6.92 Å². The number of rotatable bonds is 5. The molecule has 0 fully saturated rings. The molecule has 122 valence electrons. The van der Waals surface area contributed by atoms with E-state index in [1.807, 2.05) is 30.3 Å². The lowest BCUT2D eigenvalue weighted by Gasteiger charge is -2.07. The van der Waals surface area contributed by atoms with Crippen LogP contribution in [0.15, 0.2) is 48.7 Å². The third-order valence-corrected chi connectivity index (χ3v) is 3.78. The van der Waals surface area contributed by atoms with Gasteiger partial charge < -0.3 is 14.9 Å². The fourth-order valence-corrected chi connectivity index (χ4v) is 2.59. The Kier molecular flexibility index (Phi) is 4.24. The highest BCUT2D eigenvalue weighted by Crippen LogP contribution is 2.19. The second-order valence-electron chi connectivity index (χ2n) is 5.23. The van der Waals surface area contributed by atoms with Gasteiger partial charge >= 0.3 is 11.8 Å². The lowest BCUT2D eigenvalue weighted by molar-refractivity contribution is -0.392. The molecule has 1 heterocycles. The number of benzene rings is 2. The van der Waals surface area contributed by atoms with Crippen LogP contribution in [0.2, 0.25) is 0 Å². The molecule has 1 aromatic heterocycles. The molecular formula is C17H15N3O4.